The van der Waals surface area contributed by atoms with Gasteiger partial charge in [-0.3, -0.25) is 9.78 Å². The monoisotopic (exact) mass is 571 g/mol. The van der Waals surface area contributed by atoms with Crippen molar-refractivity contribution in [3.05, 3.63) is 101 Å². The van der Waals surface area contributed by atoms with Crippen molar-refractivity contribution in [2.75, 3.05) is 17.3 Å². The van der Waals surface area contributed by atoms with Crippen molar-refractivity contribution in [3.63, 3.8) is 0 Å². The number of rotatable bonds is 6. The molecule has 1 amide bonds. The van der Waals surface area contributed by atoms with Crippen LogP contribution in [-0.4, -0.2) is 27.7 Å². The summed E-state index contributed by atoms with van der Waals surface area (Å²) < 4.78 is 22.0. The molecule has 2 aromatic heterocycles. The van der Waals surface area contributed by atoms with Crippen LogP contribution in [0.25, 0.3) is 5.69 Å². The fourth-order valence-corrected chi connectivity index (χ4v) is 5.64. The summed E-state index contributed by atoms with van der Waals surface area (Å²) >= 11 is 5.92. The second kappa shape index (κ2) is 11.0. The Morgan fingerprint density at radius 2 is 1.83 bits per heavy atom. The number of amides is 1. The van der Waals surface area contributed by atoms with Crippen molar-refractivity contribution < 1.29 is 13.9 Å². The number of aromatic nitrogens is 2. The zero-order chi connectivity index (χ0) is 29.5. The molecule has 4 aromatic rings. The topological polar surface area (TPSA) is 71.4 Å². The summed E-state index contributed by atoms with van der Waals surface area (Å²) in [4.78, 5) is 19.4. The summed E-state index contributed by atoms with van der Waals surface area (Å²) in [6.07, 6.45) is 1.77. The van der Waals surface area contributed by atoms with Crippen LogP contribution in [0.1, 0.15) is 55.5 Å². The fourth-order valence-electron chi connectivity index (χ4n) is 5.29. The quantitative estimate of drug-likeness (QED) is 0.248. The van der Waals surface area contributed by atoms with Gasteiger partial charge in [0, 0.05) is 40.4 Å². The fraction of sp³-hybridized carbons (Fsp3) is 0.281. The summed E-state index contributed by atoms with van der Waals surface area (Å²) in [5.41, 5.74) is 5.38. The van der Waals surface area contributed by atoms with Crippen LogP contribution >= 0.6 is 12.2 Å². The maximum absolute atomic E-state index is 14.2. The van der Waals surface area contributed by atoms with Gasteiger partial charge in [0.1, 0.15) is 11.6 Å². The van der Waals surface area contributed by atoms with Crippen LogP contribution in [0.3, 0.4) is 0 Å². The molecule has 1 aliphatic rings. The van der Waals surface area contributed by atoms with Crippen molar-refractivity contribution in [2.45, 2.75) is 46.7 Å². The number of ether oxygens (including phenoxy) is 1. The molecule has 0 saturated carbocycles. The highest BCUT2D eigenvalue weighted by Gasteiger charge is 2.42. The van der Waals surface area contributed by atoms with Gasteiger partial charge in [-0.2, -0.15) is 0 Å². The zero-order valence-electron chi connectivity index (χ0n) is 24.0. The molecule has 1 fully saturated rings. The second-order valence-corrected chi connectivity index (χ2v) is 11.6. The summed E-state index contributed by atoms with van der Waals surface area (Å²) in [5.74, 6) is 0.118. The minimum Gasteiger partial charge on any atom is -0.494 e. The van der Waals surface area contributed by atoms with Crippen LogP contribution in [0.5, 0.6) is 5.75 Å². The van der Waals surface area contributed by atoms with E-state index in [2.05, 4.69) is 31.2 Å². The van der Waals surface area contributed by atoms with E-state index in [9.17, 15) is 9.18 Å². The van der Waals surface area contributed by atoms with E-state index in [1.807, 2.05) is 77.1 Å². The van der Waals surface area contributed by atoms with E-state index in [1.54, 1.807) is 19.4 Å². The van der Waals surface area contributed by atoms with Gasteiger partial charge < -0.3 is 24.8 Å². The van der Waals surface area contributed by atoms with Crippen molar-refractivity contribution in [1.82, 2.24) is 14.9 Å². The Kier molecular flexibility index (Phi) is 7.57. The molecule has 2 atom stereocenters. The largest absolute Gasteiger partial charge is 0.494 e. The molecule has 41 heavy (non-hydrogen) atoms. The number of benzene rings is 2. The van der Waals surface area contributed by atoms with Crippen LogP contribution in [0.4, 0.5) is 15.8 Å². The Balaban J connectivity index is 1.63. The maximum Gasteiger partial charge on any atom is 0.229 e. The average Bonchev–Trinajstić information content (AvgIpc) is 3.43. The van der Waals surface area contributed by atoms with E-state index >= 15 is 0 Å². The van der Waals surface area contributed by atoms with E-state index < -0.39 is 5.41 Å². The van der Waals surface area contributed by atoms with Crippen molar-refractivity contribution >= 4 is 34.6 Å². The summed E-state index contributed by atoms with van der Waals surface area (Å²) in [6, 6.07) is 19.6. The van der Waals surface area contributed by atoms with E-state index in [4.69, 9.17) is 17.0 Å². The first kappa shape index (κ1) is 28.3. The molecule has 7 nitrogen and oxygen atoms in total. The molecule has 0 bridgehead atoms. The Labute approximate surface area is 245 Å². The number of thiocarbonyl (C=S) groups is 1. The standard InChI is InChI=1S/C32H34FN5O2S/c1-19-16-24(20(2)37(19)22-11-9-10-21(33)17-22)29-28(26-12-7-8-15-34-26)36-31(41)38(29)23-13-14-25(27(18-23)40-6)35-30(39)32(3,4)5/h7-18,28-29H,1-6H3,(H,35,39)(H,36,41). The average molecular weight is 572 g/mol. The van der Waals surface area contributed by atoms with Crippen molar-refractivity contribution in [1.29, 1.82) is 0 Å². The van der Waals surface area contributed by atoms with Gasteiger partial charge in [0.05, 0.1) is 30.6 Å². The molecule has 5 rings (SSSR count). The number of aryl methyl sites for hydroxylation is 1. The lowest BCUT2D eigenvalue weighted by Crippen LogP contribution is -2.30. The Morgan fingerprint density at radius 1 is 1.05 bits per heavy atom. The van der Waals surface area contributed by atoms with E-state index in [1.165, 1.54) is 12.1 Å². The third-order valence-electron chi connectivity index (χ3n) is 7.35. The predicted molar refractivity (Wildman–Crippen MR) is 164 cm³/mol. The number of halogens is 1. The van der Waals surface area contributed by atoms with Gasteiger partial charge in [0.25, 0.3) is 0 Å². The molecule has 1 aliphatic heterocycles. The number of anilines is 2. The number of hydrogen-bond acceptors (Lipinski definition) is 4. The summed E-state index contributed by atoms with van der Waals surface area (Å²) in [7, 11) is 1.58. The lowest BCUT2D eigenvalue weighted by Gasteiger charge is -2.29. The number of carbonyl (C=O) groups is 1. The minimum absolute atomic E-state index is 0.111. The number of hydrogen-bond donors (Lipinski definition) is 2. The van der Waals surface area contributed by atoms with Gasteiger partial charge in [0.15, 0.2) is 5.11 Å². The Hall–Kier alpha value is -4.24. The molecule has 0 spiro atoms. The van der Waals surface area contributed by atoms with Crippen LogP contribution in [0.2, 0.25) is 0 Å². The smallest absolute Gasteiger partial charge is 0.229 e. The number of nitrogens with one attached hydrogen (secondary N) is 2. The third kappa shape index (κ3) is 5.41. The predicted octanol–water partition coefficient (Wildman–Crippen LogP) is 6.80. The van der Waals surface area contributed by atoms with Gasteiger partial charge in [-0.15, -0.1) is 0 Å². The highest BCUT2D eigenvalue weighted by molar-refractivity contribution is 7.80. The third-order valence-corrected chi connectivity index (χ3v) is 7.66. The van der Waals surface area contributed by atoms with Crippen molar-refractivity contribution in [2.24, 2.45) is 5.41 Å². The zero-order valence-corrected chi connectivity index (χ0v) is 24.8. The normalized spacial score (nSPS) is 17.0. The van der Waals surface area contributed by atoms with E-state index in [0.29, 0.717) is 16.5 Å². The van der Waals surface area contributed by atoms with E-state index in [-0.39, 0.29) is 23.8 Å². The maximum atomic E-state index is 14.2. The van der Waals surface area contributed by atoms with Crippen LogP contribution in [0, 0.1) is 25.1 Å². The molecular weight excluding hydrogens is 537 g/mol. The SMILES string of the molecule is COc1cc(N2C(=S)NC(c3ccccn3)C2c2cc(C)n(-c3cccc(F)c3)c2C)ccc1NC(=O)C(C)(C)C. The molecule has 3 heterocycles. The molecule has 0 aliphatic carbocycles. The number of carbonyl (C=O) groups excluding carboxylic acids is 1. The molecule has 2 unspecified atom stereocenters. The van der Waals surface area contributed by atoms with Crippen LogP contribution in [-0.2, 0) is 4.79 Å². The molecule has 1 saturated heterocycles. The Bertz CT molecular complexity index is 1610. The number of nitrogens with zero attached hydrogens (tertiary/aromatic N) is 3. The van der Waals surface area contributed by atoms with Gasteiger partial charge in [-0.1, -0.05) is 32.9 Å². The first-order valence-corrected chi connectivity index (χ1v) is 13.9. The van der Waals surface area contributed by atoms with Gasteiger partial charge >= 0.3 is 0 Å². The molecule has 2 aromatic carbocycles. The molecule has 212 valence electrons. The summed E-state index contributed by atoms with van der Waals surface area (Å²) in [5, 5.41) is 7.00. The van der Waals surface area contributed by atoms with Gasteiger partial charge in [-0.05, 0) is 80.2 Å². The van der Waals surface area contributed by atoms with Gasteiger partial charge in [-0.25, -0.2) is 4.39 Å². The molecule has 2 N–H and O–H groups in total. The molecule has 0 radical (unpaired) electrons. The minimum atomic E-state index is -0.560. The first-order valence-electron chi connectivity index (χ1n) is 13.4. The van der Waals surface area contributed by atoms with Gasteiger partial charge in [0.2, 0.25) is 5.91 Å². The highest BCUT2D eigenvalue weighted by Crippen LogP contribution is 2.45. The molecular formula is C32H34FN5O2S. The second-order valence-electron chi connectivity index (χ2n) is 11.2. The lowest BCUT2D eigenvalue weighted by molar-refractivity contribution is -0.123. The highest BCUT2D eigenvalue weighted by atomic mass is 32.1. The van der Waals surface area contributed by atoms with Crippen molar-refractivity contribution in [3.8, 4) is 11.4 Å². The van der Waals surface area contributed by atoms with Crippen LogP contribution in [0.15, 0.2) is 72.9 Å². The first-order chi connectivity index (χ1) is 19.5. The summed E-state index contributed by atoms with van der Waals surface area (Å²) in [6.45, 7) is 9.63. The number of methoxy groups -OCH3 is 1. The molecule has 9 heteroatoms. The Morgan fingerprint density at radius 3 is 2.49 bits per heavy atom. The number of pyridine rings is 1. The lowest BCUT2D eigenvalue weighted by atomic mass is 9.95. The van der Waals surface area contributed by atoms with Crippen LogP contribution < -0.4 is 20.3 Å². The van der Waals surface area contributed by atoms with E-state index in [0.717, 1.165) is 34.0 Å².